The van der Waals surface area contributed by atoms with Crippen molar-refractivity contribution in [2.24, 2.45) is 11.3 Å². The van der Waals surface area contributed by atoms with E-state index in [4.69, 9.17) is 0 Å². The standard InChI is InChI=1S/C14H30N2/c1-6-15-13(3)14(4,5)11-16-9-7-8-12(2)10-16/h12-13,15H,6-11H2,1-5H3. The molecule has 2 heteroatoms. The molecule has 0 amide bonds. The lowest BCUT2D eigenvalue weighted by Gasteiger charge is -2.40. The molecule has 1 heterocycles. The first-order valence-electron chi connectivity index (χ1n) is 6.91. The van der Waals surface area contributed by atoms with Crippen molar-refractivity contribution in [3.63, 3.8) is 0 Å². The number of piperidine rings is 1. The number of nitrogens with zero attached hydrogens (tertiary/aromatic N) is 1. The third kappa shape index (κ3) is 4.06. The highest BCUT2D eigenvalue weighted by Crippen LogP contribution is 2.25. The fourth-order valence-corrected chi connectivity index (χ4v) is 2.73. The van der Waals surface area contributed by atoms with Crippen molar-refractivity contribution in [3.8, 4) is 0 Å². The van der Waals surface area contributed by atoms with Crippen molar-refractivity contribution in [3.05, 3.63) is 0 Å². The summed E-state index contributed by atoms with van der Waals surface area (Å²) in [5.74, 6) is 0.888. The SMILES string of the molecule is CCNC(C)C(C)(C)CN1CCCC(C)C1. The number of likely N-dealkylation sites (tertiary alicyclic amines) is 1. The van der Waals surface area contributed by atoms with Crippen LogP contribution in [-0.4, -0.2) is 37.1 Å². The predicted molar refractivity (Wildman–Crippen MR) is 71.8 cm³/mol. The van der Waals surface area contributed by atoms with E-state index in [0.717, 1.165) is 12.5 Å². The Morgan fingerprint density at radius 3 is 2.69 bits per heavy atom. The van der Waals surface area contributed by atoms with Gasteiger partial charge in [-0.25, -0.2) is 0 Å². The maximum atomic E-state index is 3.56. The van der Waals surface area contributed by atoms with Crippen molar-refractivity contribution in [1.29, 1.82) is 0 Å². The second kappa shape index (κ2) is 6.02. The van der Waals surface area contributed by atoms with Crippen molar-refractivity contribution in [2.45, 2.75) is 53.5 Å². The minimum atomic E-state index is 0.368. The van der Waals surface area contributed by atoms with Gasteiger partial charge < -0.3 is 10.2 Å². The Hall–Kier alpha value is -0.0800. The lowest BCUT2D eigenvalue weighted by molar-refractivity contribution is 0.105. The molecule has 0 saturated carbocycles. The van der Waals surface area contributed by atoms with Gasteiger partial charge in [-0.15, -0.1) is 0 Å². The molecule has 0 spiro atoms. The van der Waals surface area contributed by atoms with Crippen LogP contribution in [0, 0.1) is 11.3 Å². The van der Waals surface area contributed by atoms with E-state index in [-0.39, 0.29) is 0 Å². The largest absolute Gasteiger partial charge is 0.314 e. The molecule has 2 atom stereocenters. The van der Waals surface area contributed by atoms with E-state index in [1.54, 1.807) is 0 Å². The van der Waals surface area contributed by atoms with E-state index in [1.165, 1.54) is 32.5 Å². The van der Waals surface area contributed by atoms with Gasteiger partial charge >= 0.3 is 0 Å². The van der Waals surface area contributed by atoms with E-state index >= 15 is 0 Å². The quantitative estimate of drug-likeness (QED) is 0.775. The normalized spacial score (nSPS) is 25.7. The van der Waals surface area contributed by atoms with E-state index in [1.807, 2.05) is 0 Å². The summed E-state index contributed by atoms with van der Waals surface area (Å²) in [7, 11) is 0. The average molecular weight is 226 g/mol. The Morgan fingerprint density at radius 2 is 2.12 bits per heavy atom. The second-order valence-electron chi connectivity index (χ2n) is 6.25. The van der Waals surface area contributed by atoms with Gasteiger partial charge in [0.15, 0.2) is 0 Å². The van der Waals surface area contributed by atoms with E-state index in [0.29, 0.717) is 11.5 Å². The zero-order valence-corrected chi connectivity index (χ0v) is 11.8. The van der Waals surface area contributed by atoms with Crippen LogP contribution in [0.15, 0.2) is 0 Å². The molecule has 0 bridgehead atoms. The van der Waals surface area contributed by atoms with Crippen LogP contribution in [0.25, 0.3) is 0 Å². The first-order chi connectivity index (χ1) is 7.45. The van der Waals surface area contributed by atoms with Gasteiger partial charge in [0.1, 0.15) is 0 Å². The highest BCUT2D eigenvalue weighted by Gasteiger charge is 2.29. The van der Waals surface area contributed by atoms with Gasteiger partial charge in [-0.1, -0.05) is 27.7 Å². The molecule has 16 heavy (non-hydrogen) atoms. The zero-order valence-electron chi connectivity index (χ0n) is 11.8. The molecule has 0 aromatic rings. The molecule has 0 aromatic heterocycles. The van der Waals surface area contributed by atoms with Gasteiger partial charge in [-0.3, -0.25) is 0 Å². The topological polar surface area (TPSA) is 15.3 Å². The predicted octanol–water partition coefficient (Wildman–Crippen LogP) is 2.74. The highest BCUT2D eigenvalue weighted by molar-refractivity contribution is 4.85. The Kier molecular flexibility index (Phi) is 5.26. The van der Waals surface area contributed by atoms with E-state index < -0.39 is 0 Å². The van der Waals surface area contributed by atoms with Crippen molar-refractivity contribution in [1.82, 2.24) is 10.2 Å². The molecule has 1 aliphatic rings. The molecule has 0 radical (unpaired) electrons. The Morgan fingerprint density at radius 1 is 1.44 bits per heavy atom. The van der Waals surface area contributed by atoms with Gasteiger partial charge in [0.25, 0.3) is 0 Å². The average Bonchev–Trinajstić information content (AvgIpc) is 2.17. The zero-order chi connectivity index (χ0) is 12.2. The second-order valence-corrected chi connectivity index (χ2v) is 6.25. The molecule has 1 saturated heterocycles. The highest BCUT2D eigenvalue weighted by atomic mass is 15.1. The number of hydrogen-bond acceptors (Lipinski definition) is 2. The van der Waals surface area contributed by atoms with E-state index in [2.05, 4.69) is 44.8 Å². The summed E-state index contributed by atoms with van der Waals surface area (Å²) in [4.78, 5) is 2.65. The van der Waals surface area contributed by atoms with Gasteiger partial charge in [-0.2, -0.15) is 0 Å². The molecule has 2 nitrogen and oxygen atoms in total. The Labute approximate surface area is 102 Å². The lowest BCUT2D eigenvalue weighted by atomic mass is 9.84. The van der Waals surface area contributed by atoms with Crippen LogP contribution >= 0.6 is 0 Å². The van der Waals surface area contributed by atoms with Crippen molar-refractivity contribution < 1.29 is 0 Å². The van der Waals surface area contributed by atoms with Gasteiger partial charge in [0, 0.05) is 19.1 Å². The Bertz CT molecular complexity index is 201. The molecule has 1 N–H and O–H groups in total. The Balaban J connectivity index is 2.44. The fourth-order valence-electron chi connectivity index (χ4n) is 2.73. The van der Waals surface area contributed by atoms with Crippen molar-refractivity contribution in [2.75, 3.05) is 26.2 Å². The lowest BCUT2D eigenvalue weighted by Crippen LogP contribution is -2.48. The minimum absolute atomic E-state index is 0.368. The van der Waals surface area contributed by atoms with Crippen LogP contribution in [0.3, 0.4) is 0 Å². The fraction of sp³-hybridized carbons (Fsp3) is 1.00. The van der Waals surface area contributed by atoms with Crippen LogP contribution in [0.2, 0.25) is 0 Å². The summed E-state index contributed by atoms with van der Waals surface area (Å²) in [6, 6.07) is 0.592. The molecular formula is C14H30N2. The van der Waals surface area contributed by atoms with Gasteiger partial charge in [-0.05, 0) is 44.2 Å². The molecular weight excluding hydrogens is 196 g/mol. The smallest absolute Gasteiger partial charge is 0.0102 e. The minimum Gasteiger partial charge on any atom is -0.314 e. The summed E-state index contributed by atoms with van der Waals surface area (Å²) < 4.78 is 0. The van der Waals surface area contributed by atoms with Gasteiger partial charge in [0.2, 0.25) is 0 Å². The first-order valence-corrected chi connectivity index (χ1v) is 6.91. The molecule has 96 valence electrons. The van der Waals surface area contributed by atoms with Crippen LogP contribution in [0.4, 0.5) is 0 Å². The molecule has 0 aliphatic carbocycles. The van der Waals surface area contributed by atoms with Crippen LogP contribution in [0.1, 0.15) is 47.5 Å². The monoisotopic (exact) mass is 226 g/mol. The van der Waals surface area contributed by atoms with Crippen LogP contribution < -0.4 is 5.32 Å². The van der Waals surface area contributed by atoms with Crippen LogP contribution in [0.5, 0.6) is 0 Å². The molecule has 2 unspecified atom stereocenters. The maximum absolute atomic E-state index is 3.56. The third-order valence-corrected chi connectivity index (χ3v) is 4.05. The maximum Gasteiger partial charge on any atom is 0.0102 e. The number of rotatable bonds is 5. The van der Waals surface area contributed by atoms with Crippen molar-refractivity contribution >= 4 is 0 Å². The number of nitrogens with one attached hydrogen (secondary N) is 1. The van der Waals surface area contributed by atoms with Crippen LogP contribution in [-0.2, 0) is 0 Å². The summed E-state index contributed by atoms with van der Waals surface area (Å²) in [5.41, 5.74) is 0.368. The third-order valence-electron chi connectivity index (χ3n) is 4.05. The molecule has 1 fully saturated rings. The molecule has 0 aromatic carbocycles. The summed E-state index contributed by atoms with van der Waals surface area (Å²) >= 11 is 0. The van der Waals surface area contributed by atoms with Gasteiger partial charge in [0.05, 0.1) is 0 Å². The first kappa shape index (κ1) is 14.0. The molecule has 1 aliphatic heterocycles. The van der Waals surface area contributed by atoms with E-state index in [9.17, 15) is 0 Å². The summed E-state index contributed by atoms with van der Waals surface area (Å²) in [6.45, 7) is 16.6. The summed E-state index contributed by atoms with van der Waals surface area (Å²) in [5, 5.41) is 3.56. The number of hydrogen-bond donors (Lipinski definition) is 1. The summed E-state index contributed by atoms with van der Waals surface area (Å²) in [6.07, 6.45) is 2.80. The molecule has 1 rings (SSSR count).